The first-order valence-electron chi connectivity index (χ1n) is 11.3. The van der Waals surface area contributed by atoms with Crippen molar-refractivity contribution in [2.24, 2.45) is 0 Å². The zero-order valence-corrected chi connectivity index (χ0v) is 19.1. The van der Waals surface area contributed by atoms with Gasteiger partial charge in [-0.25, -0.2) is 0 Å². The van der Waals surface area contributed by atoms with Crippen molar-refractivity contribution >= 4 is 16.5 Å². The van der Waals surface area contributed by atoms with E-state index in [1.54, 1.807) is 0 Å². The van der Waals surface area contributed by atoms with Gasteiger partial charge in [0.15, 0.2) is 0 Å². The molecule has 0 fully saturated rings. The van der Waals surface area contributed by atoms with E-state index in [2.05, 4.69) is 30.6 Å². The first kappa shape index (κ1) is 21.8. The number of allylic oxidation sites excluding steroid dienone is 1. The number of aromatic amines is 1. The number of phenols is 2. The van der Waals surface area contributed by atoms with Crippen LogP contribution in [0.4, 0.5) is 0 Å². The fraction of sp³-hybridized carbons (Fsp3) is 0.241. The van der Waals surface area contributed by atoms with E-state index in [4.69, 9.17) is 0 Å². The molecule has 3 heteroatoms. The van der Waals surface area contributed by atoms with Crippen LogP contribution in [0.25, 0.3) is 38.9 Å². The fourth-order valence-corrected chi connectivity index (χ4v) is 4.48. The summed E-state index contributed by atoms with van der Waals surface area (Å²) >= 11 is 0. The smallest absolute Gasteiger partial charge is 0.136 e. The monoisotopic (exact) mass is 425 g/mol. The summed E-state index contributed by atoms with van der Waals surface area (Å²) in [6.45, 7) is 10.2. The summed E-state index contributed by atoms with van der Waals surface area (Å²) in [4.78, 5) is 3.47. The number of aromatic hydroxyl groups is 2. The van der Waals surface area contributed by atoms with Gasteiger partial charge in [-0.05, 0) is 61.6 Å². The third-order valence-electron chi connectivity index (χ3n) is 6.11. The van der Waals surface area contributed by atoms with Crippen LogP contribution in [0.1, 0.15) is 49.8 Å². The average Bonchev–Trinajstić information content (AvgIpc) is 3.17. The fourth-order valence-electron chi connectivity index (χ4n) is 4.48. The number of hydrogen-bond acceptors (Lipinski definition) is 2. The molecule has 0 saturated carbocycles. The number of unbranched alkanes of at least 4 members (excludes halogenated alkanes) is 2. The van der Waals surface area contributed by atoms with Crippen molar-refractivity contribution in [3.05, 3.63) is 77.9 Å². The molecule has 0 amide bonds. The molecule has 1 aromatic heterocycles. The van der Waals surface area contributed by atoms with Gasteiger partial charge in [0.2, 0.25) is 0 Å². The minimum absolute atomic E-state index is 0.0990. The van der Waals surface area contributed by atoms with Gasteiger partial charge in [-0.15, -0.1) is 0 Å². The molecule has 1 heterocycles. The maximum absolute atomic E-state index is 11.6. The standard InChI is InChI=1S/C29H31NO2/c1-5-6-7-11-21-17-26(31)28(23-15-19(4)13-14-22(23)18(2)3)29(32)27(21)25-16-20-10-8-9-12-24(20)30-25/h8-10,12-17,30-32H,2,5-7,11H2,1,3-4H3. The number of aromatic nitrogens is 1. The molecule has 4 rings (SSSR count). The average molecular weight is 426 g/mol. The van der Waals surface area contributed by atoms with Crippen molar-refractivity contribution in [1.29, 1.82) is 0 Å². The minimum atomic E-state index is 0.0990. The Labute approximate surface area is 190 Å². The number of fused-ring (bicyclic) bond motifs is 1. The molecule has 164 valence electrons. The van der Waals surface area contributed by atoms with E-state index in [-0.39, 0.29) is 11.5 Å². The van der Waals surface area contributed by atoms with E-state index >= 15 is 0 Å². The first-order valence-corrected chi connectivity index (χ1v) is 11.3. The highest BCUT2D eigenvalue weighted by Crippen LogP contribution is 2.48. The van der Waals surface area contributed by atoms with E-state index in [0.29, 0.717) is 5.56 Å². The summed E-state index contributed by atoms with van der Waals surface area (Å²) in [6, 6.07) is 18.0. The normalized spacial score (nSPS) is 11.2. The van der Waals surface area contributed by atoms with Gasteiger partial charge in [-0.3, -0.25) is 0 Å². The van der Waals surface area contributed by atoms with Crippen LogP contribution in [-0.2, 0) is 6.42 Å². The maximum atomic E-state index is 11.6. The number of phenolic OH excluding ortho intramolecular Hbond substituents is 2. The topological polar surface area (TPSA) is 56.2 Å². The van der Waals surface area contributed by atoms with E-state index < -0.39 is 0 Å². The third-order valence-corrected chi connectivity index (χ3v) is 6.11. The molecular weight excluding hydrogens is 394 g/mol. The van der Waals surface area contributed by atoms with Crippen molar-refractivity contribution in [3.63, 3.8) is 0 Å². The van der Waals surface area contributed by atoms with Gasteiger partial charge >= 0.3 is 0 Å². The van der Waals surface area contributed by atoms with Crippen LogP contribution >= 0.6 is 0 Å². The lowest BCUT2D eigenvalue weighted by Crippen LogP contribution is -1.97. The second-order valence-electron chi connectivity index (χ2n) is 8.71. The zero-order valence-electron chi connectivity index (χ0n) is 19.1. The molecule has 0 spiro atoms. The summed E-state index contributed by atoms with van der Waals surface area (Å²) in [5.41, 5.74) is 7.72. The number of para-hydroxylation sites is 1. The molecule has 0 atom stereocenters. The predicted octanol–water partition coefficient (Wildman–Crippen LogP) is 7.99. The number of rotatable bonds is 7. The third kappa shape index (κ3) is 4.03. The summed E-state index contributed by atoms with van der Waals surface area (Å²) in [5, 5.41) is 23.8. The number of benzene rings is 3. The number of nitrogens with one attached hydrogen (secondary N) is 1. The molecule has 3 N–H and O–H groups in total. The Morgan fingerprint density at radius 3 is 2.47 bits per heavy atom. The highest BCUT2D eigenvalue weighted by molar-refractivity contribution is 5.94. The van der Waals surface area contributed by atoms with E-state index in [9.17, 15) is 10.2 Å². The van der Waals surface area contributed by atoms with Crippen LogP contribution in [0.2, 0.25) is 0 Å². The lowest BCUT2D eigenvalue weighted by Gasteiger charge is -2.19. The second kappa shape index (κ2) is 8.96. The predicted molar refractivity (Wildman–Crippen MR) is 135 cm³/mol. The maximum Gasteiger partial charge on any atom is 0.136 e. The Hall–Kier alpha value is -3.46. The van der Waals surface area contributed by atoms with Crippen molar-refractivity contribution in [2.75, 3.05) is 0 Å². The molecule has 0 aliphatic rings. The summed E-state index contributed by atoms with van der Waals surface area (Å²) in [7, 11) is 0. The molecule has 3 aromatic carbocycles. The van der Waals surface area contributed by atoms with Crippen LogP contribution in [0.5, 0.6) is 11.5 Å². The molecule has 0 bridgehead atoms. The van der Waals surface area contributed by atoms with Crippen LogP contribution in [-0.4, -0.2) is 15.2 Å². The summed E-state index contributed by atoms with van der Waals surface area (Å²) in [6.07, 6.45) is 4.01. The lowest BCUT2D eigenvalue weighted by molar-refractivity contribution is 0.454. The van der Waals surface area contributed by atoms with Crippen LogP contribution in [0, 0.1) is 6.92 Å². The van der Waals surface area contributed by atoms with Crippen molar-refractivity contribution in [1.82, 2.24) is 4.98 Å². The first-order chi connectivity index (χ1) is 15.4. The molecule has 0 radical (unpaired) electrons. The lowest BCUT2D eigenvalue weighted by atomic mass is 9.88. The van der Waals surface area contributed by atoms with E-state index in [1.165, 1.54) is 0 Å². The second-order valence-corrected chi connectivity index (χ2v) is 8.71. The van der Waals surface area contributed by atoms with Gasteiger partial charge < -0.3 is 15.2 Å². The quantitative estimate of drug-likeness (QED) is 0.263. The van der Waals surface area contributed by atoms with Crippen molar-refractivity contribution in [2.45, 2.75) is 46.5 Å². The van der Waals surface area contributed by atoms with E-state index in [0.717, 1.165) is 75.7 Å². The number of aryl methyl sites for hydroxylation is 2. The van der Waals surface area contributed by atoms with Gasteiger partial charge in [0, 0.05) is 16.5 Å². The van der Waals surface area contributed by atoms with Crippen molar-refractivity contribution < 1.29 is 10.2 Å². The van der Waals surface area contributed by atoms with E-state index in [1.807, 2.05) is 56.3 Å². The van der Waals surface area contributed by atoms with Gasteiger partial charge in [0.25, 0.3) is 0 Å². The van der Waals surface area contributed by atoms with Crippen LogP contribution in [0.15, 0.2) is 61.2 Å². The Balaban J connectivity index is 1.99. The van der Waals surface area contributed by atoms with Gasteiger partial charge in [-0.2, -0.15) is 0 Å². The highest BCUT2D eigenvalue weighted by atomic mass is 16.3. The van der Waals surface area contributed by atoms with Crippen LogP contribution in [0.3, 0.4) is 0 Å². The molecule has 0 aliphatic heterocycles. The molecule has 0 aliphatic carbocycles. The Morgan fingerprint density at radius 2 is 1.75 bits per heavy atom. The van der Waals surface area contributed by atoms with Crippen LogP contribution < -0.4 is 0 Å². The zero-order chi connectivity index (χ0) is 22.8. The SMILES string of the molecule is C=C(C)c1ccc(C)cc1-c1c(O)cc(CCCCC)c(-c2cc3ccccc3[nH]2)c1O. The van der Waals surface area contributed by atoms with Gasteiger partial charge in [0.05, 0.1) is 11.3 Å². The molecular formula is C29H31NO2. The molecule has 3 nitrogen and oxygen atoms in total. The Morgan fingerprint density at radius 1 is 0.969 bits per heavy atom. The summed E-state index contributed by atoms with van der Waals surface area (Å²) < 4.78 is 0. The van der Waals surface area contributed by atoms with Crippen molar-refractivity contribution in [3.8, 4) is 33.9 Å². The minimum Gasteiger partial charge on any atom is -0.507 e. The Kier molecular flexibility index (Phi) is 6.09. The number of hydrogen-bond donors (Lipinski definition) is 3. The molecule has 0 unspecified atom stereocenters. The molecule has 0 saturated heterocycles. The van der Waals surface area contributed by atoms with Gasteiger partial charge in [-0.1, -0.05) is 73.9 Å². The molecule has 32 heavy (non-hydrogen) atoms. The Bertz CT molecular complexity index is 1260. The highest BCUT2D eigenvalue weighted by Gasteiger charge is 2.23. The summed E-state index contributed by atoms with van der Waals surface area (Å²) in [5.74, 6) is 0.207. The van der Waals surface area contributed by atoms with Gasteiger partial charge in [0.1, 0.15) is 11.5 Å². The molecule has 4 aromatic rings. The largest absolute Gasteiger partial charge is 0.507 e. The number of H-pyrrole nitrogens is 1.